The van der Waals surface area contributed by atoms with E-state index in [0.29, 0.717) is 5.56 Å². The van der Waals surface area contributed by atoms with E-state index in [9.17, 15) is 28.2 Å². The van der Waals surface area contributed by atoms with Gasteiger partial charge in [0.05, 0.1) is 12.1 Å². The minimum Gasteiger partial charge on any atom is -0.508 e. The summed E-state index contributed by atoms with van der Waals surface area (Å²) in [7, 11) is 0. The van der Waals surface area contributed by atoms with Crippen LogP contribution in [-0.4, -0.2) is 38.7 Å². The van der Waals surface area contributed by atoms with Crippen molar-refractivity contribution in [3.05, 3.63) is 65.2 Å². The van der Waals surface area contributed by atoms with Crippen LogP contribution in [0.4, 0.5) is 13.2 Å². The van der Waals surface area contributed by atoms with Gasteiger partial charge in [0.2, 0.25) is 0 Å². The maximum absolute atomic E-state index is 13.6. The van der Waals surface area contributed by atoms with Crippen LogP contribution in [0.3, 0.4) is 0 Å². The number of carbonyl (C=O) groups excluding carboxylic acids is 1. The molecule has 2 N–H and O–H groups in total. The molecule has 1 aliphatic heterocycles. The highest BCUT2D eigenvalue weighted by Crippen LogP contribution is 2.42. The SMILES string of the molecule is CCc1ccc(C2=NN(C(=O)c3ccc(O)cc3)[C@](O)(C(F)(F)F)C2)cc1. The van der Waals surface area contributed by atoms with Crippen molar-refractivity contribution in [2.24, 2.45) is 5.10 Å². The first-order valence-corrected chi connectivity index (χ1v) is 8.25. The Bertz CT molecular complexity index is 877. The van der Waals surface area contributed by atoms with Crippen LogP contribution in [0.2, 0.25) is 0 Å². The number of hydrogen-bond donors (Lipinski definition) is 2. The molecule has 0 radical (unpaired) electrons. The molecular weight excluding hydrogens is 361 g/mol. The molecule has 0 fully saturated rings. The van der Waals surface area contributed by atoms with Gasteiger partial charge in [0.25, 0.3) is 11.6 Å². The molecule has 27 heavy (non-hydrogen) atoms. The number of benzene rings is 2. The number of nitrogens with zero attached hydrogens (tertiary/aromatic N) is 2. The Hall–Kier alpha value is -2.87. The summed E-state index contributed by atoms with van der Waals surface area (Å²) in [5.41, 5.74) is -2.22. The number of hydrogen-bond acceptors (Lipinski definition) is 4. The van der Waals surface area contributed by atoms with E-state index in [4.69, 9.17) is 0 Å². The molecule has 1 atom stereocenters. The molecule has 8 heteroatoms. The van der Waals surface area contributed by atoms with Gasteiger partial charge in [-0.2, -0.15) is 23.3 Å². The zero-order valence-corrected chi connectivity index (χ0v) is 14.4. The molecule has 2 aromatic carbocycles. The predicted molar refractivity (Wildman–Crippen MR) is 92.3 cm³/mol. The third-order valence-corrected chi connectivity index (χ3v) is 4.44. The Morgan fingerprint density at radius 1 is 1.15 bits per heavy atom. The number of phenolic OH excluding ortho intramolecular Hbond substituents is 1. The lowest BCUT2D eigenvalue weighted by Crippen LogP contribution is -2.56. The molecule has 1 heterocycles. The van der Waals surface area contributed by atoms with Crippen LogP contribution in [-0.2, 0) is 6.42 Å². The van der Waals surface area contributed by atoms with Gasteiger partial charge in [-0.25, -0.2) is 0 Å². The van der Waals surface area contributed by atoms with Crippen LogP contribution >= 0.6 is 0 Å². The van der Waals surface area contributed by atoms with Crippen molar-refractivity contribution >= 4 is 11.6 Å². The fraction of sp³-hybridized carbons (Fsp3) is 0.263. The summed E-state index contributed by atoms with van der Waals surface area (Å²) in [5.74, 6) is -1.26. The van der Waals surface area contributed by atoms with Crippen molar-refractivity contribution in [1.82, 2.24) is 5.01 Å². The molecule has 1 amide bonds. The van der Waals surface area contributed by atoms with Crippen molar-refractivity contribution in [2.45, 2.75) is 31.7 Å². The Morgan fingerprint density at radius 3 is 2.26 bits per heavy atom. The second kappa shape index (κ2) is 6.70. The maximum Gasteiger partial charge on any atom is 0.438 e. The minimum absolute atomic E-state index is 0.0374. The normalized spacial score (nSPS) is 19.9. The van der Waals surface area contributed by atoms with Crippen LogP contribution in [0.1, 0.15) is 34.8 Å². The molecule has 0 aromatic heterocycles. The molecule has 1 aliphatic rings. The molecule has 142 valence electrons. The first-order chi connectivity index (χ1) is 12.7. The number of amides is 1. The topological polar surface area (TPSA) is 73.1 Å². The van der Waals surface area contributed by atoms with E-state index in [1.807, 2.05) is 6.92 Å². The van der Waals surface area contributed by atoms with Gasteiger partial charge in [-0.1, -0.05) is 31.2 Å². The standard InChI is InChI=1S/C19H17F3N2O3/c1-2-12-3-5-13(6-4-12)16-11-18(27,19(20,21)22)24(23-16)17(26)14-7-9-15(25)10-8-14/h3-10,25,27H,2,11H2,1H3/t18-/m1/s1. The minimum atomic E-state index is -5.10. The second-order valence-corrected chi connectivity index (χ2v) is 6.25. The quantitative estimate of drug-likeness (QED) is 0.859. The Balaban J connectivity index is 2.01. The van der Waals surface area contributed by atoms with Crippen LogP contribution in [0, 0.1) is 0 Å². The van der Waals surface area contributed by atoms with E-state index in [1.54, 1.807) is 24.3 Å². The van der Waals surface area contributed by atoms with E-state index in [0.717, 1.165) is 24.1 Å². The third kappa shape index (κ3) is 3.40. The van der Waals surface area contributed by atoms with Gasteiger partial charge in [-0.15, -0.1) is 0 Å². The molecule has 3 rings (SSSR count). The van der Waals surface area contributed by atoms with Gasteiger partial charge in [0.1, 0.15) is 5.75 Å². The predicted octanol–water partition coefficient (Wildman–Crippen LogP) is 3.46. The summed E-state index contributed by atoms with van der Waals surface area (Å²) in [5, 5.41) is 23.5. The lowest BCUT2D eigenvalue weighted by atomic mass is 9.99. The van der Waals surface area contributed by atoms with Crippen LogP contribution in [0.25, 0.3) is 0 Å². The van der Waals surface area contributed by atoms with E-state index >= 15 is 0 Å². The molecule has 2 aromatic rings. The van der Waals surface area contributed by atoms with Crippen LogP contribution < -0.4 is 0 Å². The fourth-order valence-corrected chi connectivity index (χ4v) is 2.80. The van der Waals surface area contributed by atoms with Crippen LogP contribution in [0.5, 0.6) is 5.75 Å². The number of phenols is 1. The molecule has 0 spiro atoms. The van der Waals surface area contributed by atoms with Crippen molar-refractivity contribution in [2.75, 3.05) is 0 Å². The highest BCUT2D eigenvalue weighted by molar-refractivity contribution is 6.05. The van der Waals surface area contributed by atoms with E-state index < -0.39 is 24.2 Å². The summed E-state index contributed by atoms with van der Waals surface area (Å²) in [6, 6.07) is 11.4. The number of aliphatic hydroxyl groups is 1. The van der Waals surface area contributed by atoms with Crippen molar-refractivity contribution in [3.63, 3.8) is 0 Å². The number of carbonyl (C=O) groups is 1. The Labute approximate surface area is 153 Å². The summed E-state index contributed by atoms with van der Waals surface area (Å²) in [6.45, 7) is 1.95. The first kappa shape index (κ1) is 18.9. The van der Waals surface area contributed by atoms with Gasteiger partial charge in [0.15, 0.2) is 0 Å². The summed E-state index contributed by atoms with van der Waals surface area (Å²) in [4.78, 5) is 12.6. The molecule has 0 saturated carbocycles. The molecule has 5 nitrogen and oxygen atoms in total. The molecule has 0 saturated heterocycles. The van der Waals surface area contributed by atoms with E-state index in [2.05, 4.69) is 5.10 Å². The molecule has 0 aliphatic carbocycles. The maximum atomic E-state index is 13.6. The van der Waals surface area contributed by atoms with Gasteiger partial charge in [-0.05, 0) is 41.8 Å². The number of rotatable bonds is 3. The zero-order chi connectivity index (χ0) is 19.8. The van der Waals surface area contributed by atoms with Crippen molar-refractivity contribution < 1.29 is 28.2 Å². The number of hydrazone groups is 1. The molecular formula is C19H17F3N2O3. The number of aryl methyl sites for hydroxylation is 1. The van der Waals surface area contributed by atoms with E-state index in [-0.39, 0.29) is 22.0 Å². The lowest BCUT2D eigenvalue weighted by Gasteiger charge is -2.32. The van der Waals surface area contributed by atoms with Gasteiger partial charge in [0, 0.05) is 5.56 Å². The van der Waals surface area contributed by atoms with Gasteiger partial charge in [-0.3, -0.25) is 4.79 Å². The largest absolute Gasteiger partial charge is 0.508 e. The Morgan fingerprint density at radius 2 is 1.74 bits per heavy atom. The average Bonchev–Trinajstić information content (AvgIpc) is 3.01. The highest BCUT2D eigenvalue weighted by Gasteiger charge is 2.63. The zero-order valence-electron chi connectivity index (χ0n) is 14.4. The average molecular weight is 378 g/mol. The third-order valence-electron chi connectivity index (χ3n) is 4.44. The Kier molecular flexibility index (Phi) is 4.69. The number of aromatic hydroxyl groups is 1. The smallest absolute Gasteiger partial charge is 0.438 e. The van der Waals surface area contributed by atoms with Gasteiger partial charge < -0.3 is 10.2 Å². The van der Waals surface area contributed by atoms with Gasteiger partial charge >= 0.3 is 6.18 Å². The van der Waals surface area contributed by atoms with Crippen molar-refractivity contribution in [1.29, 1.82) is 0 Å². The van der Waals surface area contributed by atoms with E-state index in [1.165, 1.54) is 12.1 Å². The van der Waals surface area contributed by atoms with Crippen LogP contribution in [0.15, 0.2) is 53.6 Å². The summed E-state index contributed by atoms with van der Waals surface area (Å²) >= 11 is 0. The molecule has 0 unspecified atom stereocenters. The van der Waals surface area contributed by atoms with Crippen molar-refractivity contribution in [3.8, 4) is 5.75 Å². The molecule has 0 bridgehead atoms. The number of alkyl halides is 3. The number of halogens is 3. The second-order valence-electron chi connectivity index (χ2n) is 6.25. The fourth-order valence-electron chi connectivity index (χ4n) is 2.80. The summed E-state index contributed by atoms with van der Waals surface area (Å²) in [6.07, 6.45) is -5.20. The monoisotopic (exact) mass is 378 g/mol. The first-order valence-electron chi connectivity index (χ1n) is 8.25. The summed E-state index contributed by atoms with van der Waals surface area (Å²) < 4.78 is 40.8. The highest BCUT2D eigenvalue weighted by atomic mass is 19.4. The lowest BCUT2D eigenvalue weighted by molar-refractivity contribution is -0.297.